The molecule has 1 aromatic carbocycles. The zero-order chi connectivity index (χ0) is 10.6. The van der Waals surface area contributed by atoms with Gasteiger partial charge in [-0.05, 0) is 17.7 Å². The molecular weight excluding hydrogens is 187 g/mol. The van der Waals surface area contributed by atoms with Crippen molar-refractivity contribution in [3.05, 3.63) is 29.6 Å². The molecule has 1 rings (SSSR count). The van der Waals surface area contributed by atoms with Crippen LogP contribution >= 0.6 is 0 Å². The second kappa shape index (κ2) is 4.57. The van der Waals surface area contributed by atoms with Gasteiger partial charge in [0.25, 0.3) is 0 Å². The fourth-order valence-electron chi connectivity index (χ4n) is 1.06. The first-order valence-corrected chi connectivity index (χ1v) is 3.99. The minimum absolute atomic E-state index is 0.0530. The van der Waals surface area contributed by atoms with Crippen LogP contribution < -0.4 is 16.0 Å². The topological polar surface area (TPSA) is 64.3 Å². The Kier molecular flexibility index (Phi) is 3.41. The summed E-state index contributed by atoms with van der Waals surface area (Å²) in [4.78, 5) is 10.9. The predicted octanol–water partition coefficient (Wildman–Crippen LogP) is 0.367. The van der Waals surface area contributed by atoms with E-state index in [-0.39, 0.29) is 18.1 Å². The summed E-state index contributed by atoms with van der Waals surface area (Å²) in [5.41, 5.74) is 2.52. The average molecular weight is 198 g/mol. The van der Waals surface area contributed by atoms with Crippen LogP contribution in [0.1, 0.15) is 5.56 Å². The van der Waals surface area contributed by atoms with Crippen LogP contribution in [0.15, 0.2) is 18.2 Å². The van der Waals surface area contributed by atoms with E-state index in [2.05, 4.69) is 0 Å². The predicted molar refractivity (Wildman–Crippen MR) is 49.0 cm³/mol. The SMILES string of the molecule is COc1ccc(CC(=O)NN)cc1F. The molecule has 0 saturated carbocycles. The number of carbonyl (C=O) groups excluding carboxylic acids is 1. The van der Waals surface area contributed by atoms with E-state index in [1.807, 2.05) is 5.43 Å². The molecule has 0 atom stereocenters. The molecule has 4 nitrogen and oxygen atoms in total. The van der Waals surface area contributed by atoms with Crippen molar-refractivity contribution in [1.82, 2.24) is 5.43 Å². The van der Waals surface area contributed by atoms with E-state index in [9.17, 15) is 9.18 Å². The standard InChI is InChI=1S/C9H11FN2O2/c1-14-8-3-2-6(4-7(8)10)5-9(13)12-11/h2-4H,5,11H2,1H3,(H,12,13). The second-order valence-corrected chi connectivity index (χ2v) is 2.71. The van der Waals surface area contributed by atoms with Gasteiger partial charge in [-0.1, -0.05) is 6.07 Å². The summed E-state index contributed by atoms with van der Waals surface area (Å²) in [6.45, 7) is 0. The van der Waals surface area contributed by atoms with Gasteiger partial charge in [-0.15, -0.1) is 0 Å². The number of hydrazine groups is 1. The normalized spacial score (nSPS) is 9.64. The van der Waals surface area contributed by atoms with E-state index in [4.69, 9.17) is 10.6 Å². The first-order valence-electron chi connectivity index (χ1n) is 3.99. The Labute approximate surface area is 80.8 Å². The van der Waals surface area contributed by atoms with Crippen LogP contribution in [0.2, 0.25) is 0 Å². The summed E-state index contributed by atoms with van der Waals surface area (Å²) >= 11 is 0. The highest BCUT2D eigenvalue weighted by Crippen LogP contribution is 2.17. The van der Waals surface area contributed by atoms with Crippen molar-refractivity contribution >= 4 is 5.91 Å². The van der Waals surface area contributed by atoms with Crippen LogP contribution in [0.25, 0.3) is 0 Å². The molecule has 1 amide bonds. The Hall–Kier alpha value is -1.62. The van der Waals surface area contributed by atoms with Gasteiger partial charge in [0.15, 0.2) is 11.6 Å². The van der Waals surface area contributed by atoms with Gasteiger partial charge < -0.3 is 4.74 Å². The van der Waals surface area contributed by atoms with Crippen molar-refractivity contribution in [1.29, 1.82) is 0 Å². The number of ether oxygens (including phenoxy) is 1. The largest absolute Gasteiger partial charge is 0.494 e. The van der Waals surface area contributed by atoms with Crippen molar-refractivity contribution in [3.63, 3.8) is 0 Å². The summed E-state index contributed by atoms with van der Waals surface area (Å²) in [7, 11) is 1.38. The smallest absolute Gasteiger partial charge is 0.238 e. The molecule has 1 aromatic rings. The lowest BCUT2D eigenvalue weighted by molar-refractivity contribution is -0.120. The van der Waals surface area contributed by atoms with E-state index in [0.29, 0.717) is 5.56 Å². The second-order valence-electron chi connectivity index (χ2n) is 2.71. The molecule has 0 heterocycles. The first kappa shape index (κ1) is 10.5. The van der Waals surface area contributed by atoms with Crippen LogP contribution in [-0.2, 0) is 11.2 Å². The third-order valence-electron chi connectivity index (χ3n) is 1.74. The van der Waals surface area contributed by atoms with Gasteiger partial charge in [-0.25, -0.2) is 10.2 Å². The molecular formula is C9H11FN2O2. The van der Waals surface area contributed by atoms with E-state index in [0.717, 1.165) is 0 Å². The molecule has 0 fully saturated rings. The zero-order valence-corrected chi connectivity index (χ0v) is 7.71. The summed E-state index contributed by atoms with van der Waals surface area (Å²) in [6.07, 6.45) is 0.0530. The lowest BCUT2D eigenvalue weighted by Gasteiger charge is -2.04. The number of hydrogen-bond donors (Lipinski definition) is 2. The summed E-state index contributed by atoms with van der Waals surface area (Å²) in [5.74, 6) is 4.19. The number of benzene rings is 1. The Morgan fingerprint density at radius 2 is 2.36 bits per heavy atom. The number of methoxy groups -OCH3 is 1. The van der Waals surface area contributed by atoms with E-state index in [1.54, 1.807) is 6.07 Å². The zero-order valence-electron chi connectivity index (χ0n) is 7.71. The third-order valence-corrected chi connectivity index (χ3v) is 1.74. The third kappa shape index (κ3) is 2.43. The molecule has 0 aliphatic carbocycles. The highest BCUT2D eigenvalue weighted by molar-refractivity contribution is 5.77. The van der Waals surface area contributed by atoms with Crippen LogP contribution in [0.4, 0.5) is 4.39 Å². The lowest BCUT2D eigenvalue weighted by atomic mass is 10.1. The van der Waals surface area contributed by atoms with Gasteiger partial charge >= 0.3 is 0 Å². The molecule has 14 heavy (non-hydrogen) atoms. The van der Waals surface area contributed by atoms with Crippen molar-refractivity contribution in [2.45, 2.75) is 6.42 Å². The molecule has 0 aromatic heterocycles. The van der Waals surface area contributed by atoms with Gasteiger partial charge in [0.2, 0.25) is 5.91 Å². The fourth-order valence-corrected chi connectivity index (χ4v) is 1.06. The molecule has 0 radical (unpaired) electrons. The monoisotopic (exact) mass is 198 g/mol. The van der Waals surface area contributed by atoms with Gasteiger partial charge in [0, 0.05) is 0 Å². The van der Waals surface area contributed by atoms with Gasteiger partial charge in [-0.2, -0.15) is 0 Å². The van der Waals surface area contributed by atoms with Crippen molar-refractivity contribution in [2.24, 2.45) is 5.84 Å². The Bertz CT molecular complexity index is 342. The van der Waals surface area contributed by atoms with Crippen molar-refractivity contribution < 1.29 is 13.9 Å². The molecule has 0 aliphatic rings. The van der Waals surface area contributed by atoms with Gasteiger partial charge in [0.1, 0.15) is 0 Å². The Balaban J connectivity index is 2.81. The number of nitrogens with two attached hydrogens (primary N) is 1. The maximum Gasteiger partial charge on any atom is 0.238 e. The van der Waals surface area contributed by atoms with Crippen LogP contribution in [-0.4, -0.2) is 13.0 Å². The minimum atomic E-state index is -0.491. The lowest BCUT2D eigenvalue weighted by Crippen LogP contribution is -2.31. The fraction of sp³-hybridized carbons (Fsp3) is 0.222. The van der Waals surface area contributed by atoms with E-state index >= 15 is 0 Å². The van der Waals surface area contributed by atoms with Crippen LogP contribution in [0.5, 0.6) is 5.75 Å². The summed E-state index contributed by atoms with van der Waals surface area (Å²) in [5, 5.41) is 0. The Morgan fingerprint density at radius 3 is 2.86 bits per heavy atom. The van der Waals surface area contributed by atoms with Gasteiger partial charge in [-0.3, -0.25) is 10.2 Å². The number of amides is 1. The highest BCUT2D eigenvalue weighted by atomic mass is 19.1. The van der Waals surface area contributed by atoms with Crippen molar-refractivity contribution in [2.75, 3.05) is 7.11 Å². The maximum absolute atomic E-state index is 13.1. The molecule has 0 spiro atoms. The molecule has 0 saturated heterocycles. The quantitative estimate of drug-likeness (QED) is 0.419. The number of rotatable bonds is 3. The number of hydrogen-bond acceptors (Lipinski definition) is 3. The highest BCUT2D eigenvalue weighted by Gasteiger charge is 2.06. The number of nitrogens with one attached hydrogen (secondary N) is 1. The molecule has 76 valence electrons. The molecule has 3 N–H and O–H groups in total. The van der Waals surface area contributed by atoms with Crippen molar-refractivity contribution in [3.8, 4) is 5.75 Å². The Morgan fingerprint density at radius 1 is 1.64 bits per heavy atom. The van der Waals surface area contributed by atoms with Crippen LogP contribution in [0, 0.1) is 5.82 Å². The first-order chi connectivity index (χ1) is 6.67. The number of carbonyl (C=O) groups is 1. The van der Waals surface area contributed by atoms with Gasteiger partial charge in [0.05, 0.1) is 13.5 Å². The van der Waals surface area contributed by atoms with Crippen LogP contribution in [0.3, 0.4) is 0 Å². The molecule has 0 unspecified atom stereocenters. The average Bonchev–Trinajstić information content (AvgIpc) is 2.18. The molecule has 0 aliphatic heterocycles. The number of halogens is 1. The summed E-state index contributed by atoms with van der Waals surface area (Å²) in [6, 6.07) is 4.32. The molecule has 0 bridgehead atoms. The van der Waals surface area contributed by atoms with E-state index < -0.39 is 5.82 Å². The van der Waals surface area contributed by atoms with E-state index in [1.165, 1.54) is 19.2 Å². The summed E-state index contributed by atoms with van der Waals surface area (Å²) < 4.78 is 17.8. The maximum atomic E-state index is 13.1. The minimum Gasteiger partial charge on any atom is -0.494 e. The molecule has 5 heteroatoms.